The van der Waals surface area contributed by atoms with Crippen LogP contribution in [0.4, 0.5) is 0 Å². The largest absolute Gasteiger partial charge is 0.396 e. The van der Waals surface area contributed by atoms with Gasteiger partial charge < -0.3 is 39.4 Å². The third-order valence-electron chi connectivity index (χ3n) is 6.35. The quantitative estimate of drug-likeness (QED) is 0.0354. The van der Waals surface area contributed by atoms with Crippen LogP contribution in [0.1, 0.15) is 103 Å². The lowest BCUT2D eigenvalue weighted by atomic mass is 10.0. The van der Waals surface area contributed by atoms with Crippen LogP contribution < -0.4 is 0 Å². The van der Waals surface area contributed by atoms with Gasteiger partial charge in [-0.3, -0.25) is 0 Å². The molecule has 0 saturated heterocycles. The van der Waals surface area contributed by atoms with Crippen molar-refractivity contribution >= 4 is 23.9 Å². The molecule has 4 N–H and O–H groups in total. The Hall–Kier alpha value is -3.32. The molecule has 44 heavy (non-hydrogen) atoms. The van der Waals surface area contributed by atoms with Gasteiger partial charge in [-0.2, -0.15) is 0 Å². The Kier molecular flexibility index (Phi) is 22.2. The molecule has 0 amide bonds. The van der Waals surface area contributed by atoms with E-state index < -0.39 is 53.9 Å². The van der Waals surface area contributed by atoms with E-state index in [1.165, 1.54) is 6.92 Å². The summed E-state index contributed by atoms with van der Waals surface area (Å²) >= 11 is 0. The van der Waals surface area contributed by atoms with Crippen molar-refractivity contribution in [3.05, 3.63) is 49.0 Å². The molecule has 2 unspecified atom stereocenters. The van der Waals surface area contributed by atoms with Crippen LogP contribution in [-0.4, -0.2) is 69.6 Å². The Bertz CT molecular complexity index is 946. The van der Waals surface area contributed by atoms with Crippen LogP contribution in [0.3, 0.4) is 0 Å². The minimum absolute atomic E-state index is 0.0773. The monoisotopic (exact) mass is 626 g/mol. The van der Waals surface area contributed by atoms with Crippen LogP contribution in [0, 0.1) is 0 Å². The molecule has 0 aliphatic heterocycles. The normalized spacial score (nSPS) is 12.7. The van der Waals surface area contributed by atoms with Crippen LogP contribution >= 0.6 is 0 Å². The van der Waals surface area contributed by atoms with E-state index in [1.54, 1.807) is 0 Å². The van der Waals surface area contributed by atoms with E-state index in [0.717, 1.165) is 57.1 Å². The van der Waals surface area contributed by atoms with Gasteiger partial charge in [-0.15, -0.1) is 0 Å². The van der Waals surface area contributed by atoms with Crippen molar-refractivity contribution in [2.45, 2.75) is 115 Å². The van der Waals surface area contributed by atoms with Gasteiger partial charge in [0.25, 0.3) is 0 Å². The zero-order chi connectivity index (χ0) is 33.4. The highest BCUT2D eigenvalue weighted by molar-refractivity contribution is 5.92. The molecule has 0 spiro atoms. The third-order valence-corrected chi connectivity index (χ3v) is 6.35. The fourth-order valence-corrected chi connectivity index (χ4v) is 3.93. The van der Waals surface area contributed by atoms with Crippen LogP contribution in [-0.2, 0) is 38.1 Å². The van der Waals surface area contributed by atoms with Crippen LogP contribution in [0.5, 0.6) is 0 Å². The first-order valence-corrected chi connectivity index (χ1v) is 15.1. The van der Waals surface area contributed by atoms with Crippen LogP contribution in [0.2, 0.25) is 0 Å². The first-order valence-electron chi connectivity index (χ1n) is 15.1. The fraction of sp³-hybridized carbons (Fsp3) is 0.625. The molecule has 0 aromatic rings. The predicted octanol–water partition coefficient (Wildman–Crippen LogP) is 4.16. The number of carbonyl (C=O) groups excluding carboxylic acids is 4. The number of esters is 4. The van der Waals surface area contributed by atoms with Gasteiger partial charge in [-0.05, 0) is 32.6 Å². The summed E-state index contributed by atoms with van der Waals surface area (Å²) < 4.78 is 20.3. The second kappa shape index (κ2) is 24.1. The summed E-state index contributed by atoms with van der Waals surface area (Å²) in [7, 11) is 0. The van der Waals surface area contributed by atoms with Gasteiger partial charge >= 0.3 is 35.8 Å². The van der Waals surface area contributed by atoms with Gasteiger partial charge in [-0.25, -0.2) is 19.2 Å². The number of unbranched alkanes of at least 4 members (excludes halogenated alkanes) is 10. The van der Waals surface area contributed by atoms with Crippen molar-refractivity contribution in [3.8, 4) is 0 Å². The molecule has 0 aliphatic rings. The maximum Gasteiger partial charge on any atom is 0.373 e. The summed E-state index contributed by atoms with van der Waals surface area (Å²) in [4.78, 5) is 49.8. The number of rotatable bonds is 26. The highest BCUT2D eigenvalue weighted by Crippen LogP contribution is 2.26. The summed E-state index contributed by atoms with van der Waals surface area (Å²) in [6.45, 7) is 11.6. The molecule has 12 heteroatoms. The fourth-order valence-electron chi connectivity index (χ4n) is 3.93. The van der Waals surface area contributed by atoms with Crippen molar-refractivity contribution in [2.75, 3.05) is 13.2 Å². The van der Waals surface area contributed by atoms with Crippen LogP contribution in [0.15, 0.2) is 49.0 Å². The van der Waals surface area contributed by atoms with E-state index >= 15 is 0 Å². The van der Waals surface area contributed by atoms with Crippen molar-refractivity contribution < 1.29 is 58.6 Å². The molecule has 2 atom stereocenters. The minimum atomic E-state index is -2.76. The van der Waals surface area contributed by atoms with Gasteiger partial charge in [0, 0.05) is 37.4 Å². The molecule has 0 heterocycles. The van der Waals surface area contributed by atoms with E-state index in [9.17, 15) is 29.4 Å². The molecular formula is C32H50O12. The molecule has 0 radical (unpaired) electrons. The first-order chi connectivity index (χ1) is 20.9. The van der Waals surface area contributed by atoms with Gasteiger partial charge in [0.1, 0.15) is 5.57 Å². The third kappa shape index (κ3) is 19.1. The molecule has 0 rings (SSSR count). The van der Waals surface area contributed by atoms with Crippen molar-refractivity contribution in [3.63, 3.8) is 0 Å². The average Bonchev–Trinajstić information content (AvgIpc) is 2.98. The Morgan fingerprint density at radius 1 is 0.727 bits per heavy atom. The molecular weight excluding hydrogens is 576 g/mol. The maximum absolute atomic E-state index is 13.5. The standard InChI is InChI=1S/C32H50O12/c1-5-27(36)41-31(42-28(37)6-2)26(23-25(35)19-15-11-7-9-13-17-21-33)30(39)44-32(40,43-29(38)24(3)4)20-16-12-8-10-14-18-22-34/h5-6,25,33-35,40H,1-3,7-23H2,4H3. The number of hydrogen-bond acceptors (Lipinski definition) is 12. The van der Waals surface area contributed by atoms with Crippen LogP contribution in [0.25, 0.3) is 0 Å². The van der Waals surface area contributed by atoms with Gasteiger partial charge in [0.05, 0.1) is 12.5 Å². The molecule has 0 aromatic heterocycles. The van der Waals surface area contributed by atoms with E-state index in [2.05, 4.69) is 19.7 Å². The summed E-state index contributed by atoms with van der Waals surface area (Å²) in [5.41, 5.74) is -0.689. The van der Waals surface area contributed by atoms with E-state index in [0.29, 0.717) is 25.7 Å². The van der Waals surface area contributed by atoms with Gasteiger partial charge in [0.2, 0.25) is 0 Å². The van der Waals surface area contributed by atoms with E-state index in [-0.39, 0.29) is 38.0 Å². The first kappa shape index (κ1) is 40.7. The van der Waals surface area contributed by atoms with Gasteiger partial charge in [0.15, 0.2) is 0 Å². The Labute approximate surface area is 260 Å². The molecule has 0 aromatic carbocycles. The molecule has 12 nitrogen and oxygen atoms in total. The predicted molar refractivity (Wildman–Crippen MR) is 161 cm³/mol. The van der Waals surface area contributed by atoms with E-state index in [4.69, 9.17) is 29.2 Å². The lowest BCUT2D eigenvalue weighted by Crippen LogP contribution is -2.41. The Morgan fingerprint density at radius 3 is 1.61 bits per heavy atom. The van der Waals surface area contributed by atoms with Crippen molar-refractivity contribution in [1.29, 1.82) is 0 Å². The number of ether oxygens (including phenoxy) is 4. The second-order valence-corrected chi connectivity index (χ2v) is 10.4. The molecule has 250 valence electrons. The number of aliphatic hydroxyl groups is 4. The average molecular weight is 627 g/mol. The zero-order valence-electron chi connectivity index (χ0n) is 25.9. The second-order valence-electron chi connectivity index (χ2n) is 10.4. The maximum atomic E-state index is 13.5. The molecule has 0 saturated carbocycles. The topological polar surface area (TPSA) is 186 Å². The van der Waals surface area contributed by atoms with E-state index in [1.807, 2.05) is 0 Å². The summed E-state index contributed by atoms with van der Waals surface area (Å²) in [6, 6.07) is 0. The SMILES string of the molecule is C=CC(=O)OC(OC(=O)C=C)=C(CC(O)CCCCCCCCO)C(=O)OC(O)(CCCCCCCCO)OC(=O)C(=C)C. The molecule has 0 aliphatic carbocycles. The molecule has 0 fully saturated rings. The zero-order valence-corrected chi connectivity index (χ0v) is 25.9. The smallest absolute Gasteiger partial charge is 0.373 e. The Morgan fingerprint density at radius 2 is 1.16 bits per heavy atom. The summed E-state index contributed by atoms with van der Waals surface area (Å²) in [5.74, 6) is -8.28. The highest BCUT2D eigenvalue weighted by atomic mass is 16.8. The summed E-state index contributed by atoms with van der Waals surface area (Å²) in [6.07, 6.45) is 8.36. The number of aliphatic hydroxyl groups excluding tert-OH is 3. The highest BCUT2D eigenvalue weighted by Gasteiger charge is 2.39. The number of hydrogen-bond donors (Lipinski definition) is 4. The number of carbonyl (C=O) groups is 4. The lowest BCUT2D eigenvalue weighted by Gasteiger charge is -2.28. The summed E-state index contributed by atoms with van der Waals surface area (Å²) in [5, 5.41) is 39.7. The van der Waals surface area contributed by atoms with Gasteiger partial charge in [-0.1, -0.05) is 77.5 Å². The minimum Gasteiger partial charge on any atom is -0.396 e. The molecule has 0 bridgehead atoms. The lowest BCUT2D eigenvalue weighted by molar-refractivity contribution is -0.325. The van der Waals surface area contributed by atoms with Crippen molar-refractivity contribution in [1.82, 2.24) is 0 Å². The Balaban J connectivity index is 6.04. The van der Waals surface area contributed by atoms with Crippen molar-refractivity contribution in [2.24, 2.45) is 0 Å².